The molecular formula is C20H20FN3O3. The highest BCUT2D eigenvalue weighted by Crippen LogP contribution is 2.36. The molecule has 1 saturated heterocycles. The number of carbonyl (C=O) groups excluding carboxylic acids is 1. The summed E-state index contributed by atoms with van der Waals surface area (Å²) in [5.41, 5.74) is 8.18. The maximum atomic E-state index is 14.3. The van der Waals surface area contributed by atoms with Gasteiger partial charge in [0.1, 0.15) is 17.7 Å². The number of fused-ring (bicyclic) bond motifs is 1. The molecule has 0 radical (unpaired) electrons. The van der Waals surface area contributed by atoms with Crippen LogP contribution >= 0.6 is 0 Å². The van der Waals surface area contributed by atoms with Gasteiger partial charge >= 0.3 is 0 Å². The number of carbonyl (C=O) groups is 1. The molecule has 1 aromatic heterocycles. The molecule has 2 heterocycles. The second kappa shape index (κ2) is 7.00. The molecule has 1 fully saturated rings. The minimum absolute atomic E-state index is 0.0309. The second-order valence-electron chi connectivity index (χ2n) is 6.69. The molecule has 6 nitrogen and oxygen atoms in total. The van der Waals surface area contributed by atoms with Crippen molar-refractivity contribution in [1.82, 2.24) is 10.2 Å². The van der Waals surface area contributed by atoms with Gasteiger partial charge in [0.05, 0.1) is 29.7 Å². The zero-order chi connectivity index (χ0) is 19.0. The number of nitrogens with two attached hydrogens (primary N) is 1. The molecule has 0 atom stereocenters. The molecule has 0 amide bonds. The first-order valence-corrected chi connectivity index (χ1v) is 8.86. The lowest BCUT2D eigenvalue weighted by atomic mass is 10.0. The Kier molecular flexibility index (Phi) is 4.53. The fourth-order valence-electron chi connectivity index (χ4n) is 3.36. The van der Waals surface area contributed by atoms with Crippen molar-refractivity contribution in [3.8, 4) is 16.9 Å². The lowest BCUT2D eigenvalue weighted by molar-refractivity contribution is 0.0262. The van der Waals surface area contributed by atoms with Gasteiger partial charge in [-0.3, -0.25) is 9.89 Å². The number of ketones is 1. The fraction of sp³-hybridized carbons (Fsp3) is 0.300. The quantitative estimate of drug-likeness (QED) is 0.684. The van der Waals surface area contributed by atoms with Crippen LogP contribution in [0.5, 0.6) is 5.75 Å². The van der Waals surface area contributed by atoms with E-state index in [-0.39, 0.29) is 17.5 Å². The molecule has 0 bridgehead atoms. The second-order valence-corrected chi connectivity index (χ2v) is 6.69. The molecule has 140 valence electrons. The first-order valence-electron chi connectivity index (χ1n) is 8.86. The van der Waals surface area contributed by atoms with Crippen LogP contribution in [0.2, 0.25) is 0 Å². The van der Waals surface area contributed by atoms with Crippen molar-refractivity contribution in [2.75, 3.05) is 18.9 Å². The average molecular weight is 369 g/mol. The van der Waals surface area contributed by atoms with E-state index in [1.165, 1.54) is 19.1 Å². The van der Waals surface area contributed by atoms with Gasteiger partial charge in [0.25, 0.3) is 0 Å². The molecule has 4 rings (SSSR count). The van der Waals surface area contributed by atoms with Crippen LogP contribution in [-0.4, -0.2) is 35.3 Å². The van der Waals surface area contributed by atoms with Gasteiger partial charge in [0.2, 0.25) is 0 Å². The lowest BCUT2D eigenvalue weighted by Gasteiger charge is -2.24. The number of anilines is 1. The topological polar surface area (TPSA) is 90.2 Å². The van der Waals surface area contributed by atoms with Crippen LogP contribution in [0.1, 0.15) is 30.1 Å². The molecule has 0 aliphatic carbocycles. The number of nitrogens with one attached hydrogen (secondary N) is 1. The number of aromatic nitrogens is 2. The van der Waals surface area contributed by atoms with Gasteiger partial charge in [-0.1, -0.05) is 6.07 Å². The third-order valence-electron chi connectivity index (χ3n) is 4.80. The summed E-state index contributed by atoms with van der Waals surface area (Å²) in [6.07, 6.45) is 1.62. The van der Waals surface area contributed by atoms with Crippen molar-refractivity contribution < 1.29 is 18.7 Å². The fourth-order valence-corrected chi connectivity index (χ4v) is 3.36. The number of nitrogens with zero attached hydrogens (tertiary/aromatic N) is 1. The van der Waals surface area contributed by atoms with Gasteiger partial charge in [-0.25, -0.2) is 4.39 Å². The van der Waals surface area contributed by atoms with Crippen molar-refractivity contribution in [1.29, 1.82) is 0 Å². The van der Waals surface area contributed by atoms with E-state index >= 15 is 0 Å². The predicted molar refractivity (Wildman–Crippen MR) is 100 cm³/mol. The number of nitrogen functional groups attached to an aromatic ring is 1. The number of hydrogen-bond acceptors (Lipinski definition) is 5. The van der Waals surface area contributed by atoms with E-state index in [4.69, 9.17) is 15.2 Å². The van der Waals surface area contributed by atoms with Crippen LogP contribution in [0.3, 0.4) is 0 Å². The van der Waals surface area contributed by atoms with Crippen LogP contribution in [0.25, 0.3) is 22.0 Å². The highest BCUT2D eigenvalue weighted by Gasteiger charge is 2.20. The summed E-state index contributed by atoms with van der Waals surface area (Å²) in [6.45, 7) is 2.66. The Labute approximate surface area is 155 Å². The van der Waals surface area contributed by atoms with Gasteiger partial charge in [-0.2, -0.15) is 5.10 Å². The summed E-state index contributed by atoms with van der Waals surface area (Å²) in [5.74, 6) is 0.115. The Hall–Kier alpha value is -2.93. The average Bonchev–Trinajstić information content (AvgIpc) is 3.03. The molecule has 0 spiro atoms. The summed E-state index contributed by atoms with van der Waals surface area (Å²) in [4.78, 5) is 11.5. The zero-order valence-corrected chi connectivity index (χ0v) is 14.9. The van der Waals surface area contributed by atoms with Crippen LogP contribution in [0.4, 0.5) is 10.2 Å². The van der Waals surface area contributed by atoms with Crippen LogP contribution < -0.4 is 10.5 Å². The summed E-state index contributed by atoms with van der Waals surface area (Å²) >= 11 is 0. The number of H-pyrrole nitrogens is 1. The summed E-state index contributed by atoms with van der Waals surface area (Å²) in [7, 11) is 0. The van der Waals surface area contributed by atoms with E-state index in [1.54, 1.807) is 6.07 Å². The number of hydrogen-bond donors (Lipinski definition) is 2. The molecule has 3 N–H and O–H groups in total. The lowest BCUT2D eigenvalue weighted by Crippen LogP contribution is -2.26. The van der Waals surface area contributed by atoms with E-state index in [2.05, 4.69) is 10.2 Å². The van der Waals surface area contributed by atoms with Gasteiger partial charge in [-0.15, -0.1) is 0 Å². The predicted octanol–water partition coefficient (Wildman–Crippen LogP) is 3.71. The number of ether oxygens (including phenoxy) is 2. The highest BCUT2D eigenvalue weighted by molar-refractivity contribution is 5.98. The smallest absolute Gasteiger partial charge is 0.162 e. The molecule has 2 aromatic carbocycles. The summed E-state index contributed by atoms with van der Waals surface area (Å²) < 4.78 is 25.8. The highest BCUT2D eigenvalue weighted by atomic mass is 19.1. The van der Waals surface area contributed by atoms with E-state index in [1.807, 2.05) is 12.1 Å². The van der Waals surface area contributed by atoms with Crippen LogP contribution in [0, 0.1) is 5.82 Å². The van der Waals surface area contributed by atoms with E-state index in [0.29, 0.717) is 41.2 Å². The Bertz CT molecular complexity index is 1010. The Morgan fingerprint density at radius 3 is 2.74 bits per heavy atom. The third kappa shape index (κ3) is 3.38. The molecule has 0 unspecified atom stereocenters. The van der Waals surface area contributed by atoms with Crippen molar-refractivity contribution in [2.24, 2.45) is 0 Å². The Morgan fingerprint density at radius 2 is 2.04 bits per heavy atom. The molecule has 1 aliphatic heterocycles. The SMILES string of the molecule is CC(=O)c1ccc(-c2cc(OC3CCOCC3)c3c(N)n[nH]c3c2)cc1F. The standard InChI is InChI=1S/C20H20FN3O3/c1-11(25)15-3-2-12(8-16(15)21)13-9-17-19(20(22)24-23-17)18(10-13)27-14-4-6-26-7-5-14/h2-3,8-10,14H,4-7H2,1H3,(H3,22,23,24). The monoisotopic (exact) mass is 369 g/mol. The first kappa shape index (κ1) is 17.5. The summed E-state index contributed by atoms with van der Waals surface area (Å²) in [5, 5.41) is 7.67. The molecular weight excluding hydrogens is 349 g/mol. The van der Waals surface area contributed by atoms with Gasteiger partial charge in [-0.05, 0) is 42.3 Å². The Balaban J connectivity index is 1.77. The number of rotatable bonds is 4. The third-order valence-corrected chi connectivity index (χ3v) is 4.80. The van der Waals surface area contributed by atoms with Crippen LogP contribution in [0.15, 0.2) is 30.3 Å². The molecule has 0 saturated carbocycles. The normalized spacial score (nSPS) is 15.2. The van der Waals surface area contributed by atoms with Gasteiger partial charge < -0.3 is 15.2 Å². The van der Waals surface area contributed by atoms with E-state index in [0.717, 1.165) is 18.4 Å². The number of Topliss-reactive ketones (excluding diaryl/α,β-unsaturated/α-hetero) is 1. The minimum atomic E-state index is -0.545. The van der Waals surface area contributed by atoms with Crippen molar-refractivity contribution in [3.63, 3.8) is 0 Å². The minimum Gasteiger partial charge on any atom is -0.489 e. The first-order chi connectivity index (χ1) is 13.0. The largest absolute Gasteiger partial charge is 0.489 e. The maximum absolute atomic E-state index is 14.3. The van der Waals surface area contributed by atoms with Gasteiger partial charge in [0.15, 0.2) is 11.6 Å². The zero-order valence-electron chi connectivity index (χ0n) is 14.9. The van der Waals surface area contributed by atoms with Crippen molar-refractivity contribution in [2.45, 2.75) is 25.9 Å². The molecule has 7 heteroatoms. The maximum Gasteiger partial charge on any atom is 0.162 e. The number of aromatic amines is 1. The van der Waals surface area contributed by atoms with E-state index < -0.39 is 5.82 Å². The summed E-state index contributed by atoms with van der Waals surface area (Å²) in [6, 6.07) is 8.26. The van der Waals surface area contributed by atoms with Crippen molar-refractivity contribution >= 4 is 22.5 Å². The Morgan fingerprint density at radius 1 is 1.26 bits per heavy atom. The van der Waals surface area contributed by atoms with Crippen LogP contribution in [-0.2, 0) is 4.74 Å². The molecule has 3 aromatic rings. The number of benzene rings is 2. The molecule has 27 heavy (non-hydrogen) atoms. The van der Waals surface area contributed by atoms with E-state index in [9.17, 15) is 9.18 Å². The van der Waals surface area contributed by atoms with Crippen molar-refractivity contribution in [3.05, 3.63) is 41.7 Å². The number of halogens is 1. The van der Waals surface area contributed by atoms with Gasteiger partial charge in [0, 0.05) is 12.8 Å². The molecule has 1 aliphatic rings.